The van der Waals surface area contributed by atoms with Gasteiger partial charge in [-0.1, -0.05) is 164 Å². The maximum Gasteiger partial charge on any atom is 0.0467 e. The Kier molecular flexibility index (Phi) is 17.0. The van der Waals surface area contributed by atoms with Gasteiger partial charge in [-0.05, 0) is 119 Å². The van der Waals surface area contributed by atoms with Crippen LogP contribution in [0, 0.1) is 0 Å². The average molecular weight is 772 g/mol. The van der Waals surface area contributed by atoms with Crippen LogP contribution in [0.5, 0.6) is 0 Å². The second-order valence-corrected chi connectivity index (χ2v) is 11.5. The summed E-state index contributed by atoms with van der Waals surface area (Å²) < 4.78 is 0. The van der Waals surface area contributed by atoms with E-state index < -0.39 is 0 Å². The van der Waals surface area contributed by atoms with Gasteiger partial charge in [0.2, 0.25) is 0 Å². The molecule has 0 heterocycles. The largest absolute Gasteiger partial charge is 0.310 e. The molecule has 0 bridgehead atoms. The lowest BCUT2D eigenvalue weighted by atomic mass is 10.0. The number of halogens is 1. The van der Waals surface area contributed by atoms with Crippen LogP contribution in [-0.2, 0) is 0 Å². The number of anilines is 3. The lowest BCUT2D eigenvalue weighted by Gasteiger charge is -2.26. The first-order valence-electron chi connectivity index (χ1n) is 16.2. The number of benzene rings is 5. The Morgan fingerprint density at radius 1 is 0.592 bits per heavy atom. The van der Waals surface area contributed by atoms with Crippen molar-refractivity contribution in [3.8, 4) is 22.3 Å². The molecular formula is C46H46INS. The molecule has 0 aliphatic heterocycles. The third-order valence-electron chi connectivity index (χ3n) is 7.44. The number of hydrogen-bond acceptors (Lipinski definition) is 2. The summed E-state index contributed by atoms with van der Waals surface area (Å²) >= 11 is 1.84. The van der Waals surface area contributed by atoms with E-state index in [-0.39, 0.29) is 0 Å². The van der Waals surface area contributed by atoms with Crippen molar-refractivity contribution in [1.29, 1.82) is 0 Å². The van der Waals surface area contributed by atoms with Crippen LogP contribution in [0.4, 0.5) is 17.1 Å². The molecular weight excluding hydrogens is 725 g/mol. The highest BCUT2D eigenvalue weighted by Crippen LogP contribution is 2.38. The van der Waals surface area contributed by atoms with Crippen LogP contribution in [0.25, 0.3) is 27.8 Å². The van der Waals surface area contributed by atoms with Crippen molar-refractivity contribution < 1.29 is 0 Å². The molecule has 0 aliphatic rings. The van der Waals surface area contributed by atoms with Crippen molar-refractivity contribution in [3.63, 3.8) is 0 Å². The molecule has 49 heavy (non-hydrogen) atoms. The van der Waals surface area contributed by atoms with E-state index in [0.717, 1.165) is 22.6 Å². The summed E-state index contributed by atoms with van der Waals surface area (Å²) in [7, 11) is 3.50. The SMILES string of the molecule is C=C(C)/C=C\C(=C/C)c1ccc(N(c2ccc(-c3ccccc3)cc2)c2cccc(-c3ccccc3)c2)cc1.C=C/C=C\C=C(C)C.SI. The Balaban J connectivity index is 0.000000573. The van der Waals surface area contributed by atoms with Crippen LogP contribution >= 0.6 is 31.0 Å². The van der Waals surface area contributed by atoms with Crippen molar-refractivity contribution in [2.24, 2.45) is 0 Å². The van der Waals surface area contributed by atoms with Crippen molar-refractivity contribution in [2.75, 3.05) is 4.90 Å². The van der Waals surface area contributed by atoms with E-state index in [1.165, 1.54) is 39.0 Å². The van der Waals surface area contributed by atoms with Gasteiger partial charge in [-0.3, -0.25) is 0 Å². The highest BCUT2D eigenvalue weighted by atomic mass is 127. The van der Waals surface area contributed by atoms with Gasteiger partial charge in [-0.15, -0.1) is 9.80 Å². The minimum absolute atomic E-state index is 1.04. The van der Waals surface area contributed by atoms with Crippen molar-refractivity contribution in [3.05, 3.63) is 206 Å². The molecule has 1 nitrogen and oxygen atoms in total. The molecule has 0 N–H and O–H groups in total. The zero-order chi connectivity index (χ0) is 35.4. The van der Waals surface area contributed by atoms with Gasteiger partial charge in [0.05, 0.1) is 0 Å². The summed E-state index contributed by atoms with van der Waals surface area (Å²) in [5, 5.41) is 0. The molecule has 0 aromatic heterocycles. The normalized spacial score (nSPS) is 10.8. The first-order chi connectivity index (χ1) is 23.9. The summed E-state index contributed by atoms with van der Waals surface area (Å²) in [6, 6.07) is 47.4. The Hall–Kier alpha value is -4.58. The minimum atomic E-state index is 1.04. The molecule has 3 heteroatoms. The Bertz CT molecular complexity index is 1860. The van der Waals surface area contributed by atoms with Crippen LogP contribution < -0.4 is 4.90 Å². The molecule has 0 atom stereocenters. The van der Waals surface area contributed by atoms with Crippen LogP contribution in [0.3, 0.4) is 0 Å². The summed E-state index contributed by atoms with van der Waals surface area (Å²) in [5.74, 6) is 0. The molecule has 0 fully saturated rings. The topological polar surface area (TPSA) is 3.24 Å². The second-order valence-electron chi connectivity index (χ2n) is 11.5. The highest BCUT2D eigenvalue weighted by Gasteiger charge is 2.14. The maximum absolute atomic E-state index is 3.99. The molecule has 0 spiro atoms. The molecule has 5 rings (SSSR count). The third kappa shape index (κ3) is 12.4. The van der Waals surface area contributed by atoms with Crippen molar-refractivity contribution >= 4 is 53.6 Å². The van der Waals surface area contributed by atoms with E-state index in [9.17, 15) is 0 Å². The fourth-order valence-corrected chi connectivity index (χ4v) is 5.06. The summed E-state index contributed by atoms with van der Waals surface area (Å²) in [5.41, 5.74) is 12.8. The Morgan fingerprint density at radius 3 is 1.61 bits per heavy atom. The number of nitrogens with zero attached hydrogens (tertiary/aromatic N) is 1. The maximum atomic E-state index is 3.99. The van der Waals surface area contributed by atoms with E-state index >= 15 is 0 Å². The molecule has 0 saturated heterocycles. The highest BCUT2D eigenvalue weighted by molar-refractivity contribution is 14.2. The van der Waals surface area contributed by atoms with Gasteiger partial charge in [0.1, 0.15) is 0 Å². The van der Waals surface area contributed by atoms with Crippen LogP contribution in [-0.4, -0.2) is 0 Å². The Labute approximate surface area is 312 Å². The predicted molar refractivity (Wildman–Crippen MR) is 231 cm³/mol. The molecule has 248 valence electrons. The zero-order valence-electron chi connectivity index (χ0n) is 28.9. The standard InChI is InChI=1S/C38H33N.C8H12.HIS/c1-4-30(19-18-29(2)3)33-20-24-36(25-21-33)39(37-26-22-34(23-27-37)31-12-7-5-8-13-31)38-17-11-16-35(28-38)32-14-9-6-10-15-32;1-4-5-6-7-8(2)3;1-2/h4-28H,2H2,1,3H3;4-7H,1H2,2-3H3;2H/b19-18-,30-4+;6-5-;. The molecule has 0 saturated carbocycles. The van der Waals surface area contributed by atoms with Crippen molar-refractivity contribution in [1.82, 2.24) is 0 Å². The minimum Gasteiger partial charge on any atom is -0.310 e. The van der Waals surface area contributed by atoms with E-state index in [1.807, 2.05) is 46.4 Å². The molecule has 5 aromatic rings. The first-order valence-corrected chi connectivity index (χ1v) is 19.4. The summed E-state index contributed by atoms with van der Waals surface area (Å²) in [6.07, 6.45) is 14.0. The van der Waals surface area contributed by atoms with Gasteiger partial charge in [0.15, 0.2) is 0 Å². The van der Waals surface area contributed by atoms with E-state index in [0.29, 0.717) is 0 Å². The summed E-state index contributed by atoms with van der Waals surface area (Å²) in [6.45, 7) is 15.7. The third-order valence-corrected chi connectivity index (χ3v) is 7.44. The fourth-order valence-electron chi connectivity index (χ4n) is 5.06. The van der Waals surface area contributed by atoms with Gasteiger partial charge in [0.25, 0.3) is 0 Å². The van der Waals surface area contributed by atoms with Gasteiger partial charge >= 0.3 is 0 Å². The number of rotatable bonds is 10. The van der Waals surface area contributed by atoms with Crippen LogP contribution in [0.1, 0.15) is 33.3 Å². The smallest absolute Gasteiger partial charge is 0.0467 e. The van der Waals surface area contributed by atoms with Gasteiger partial charge < -0.3 is 4.90 Å². The average Bonchev–Trinajstić information content (AvgIpc) is 3.15. The van der Waals surface area contributed by atoms with Crippen LogP contribution in [0.15, 0.2) is 200 Å². The molecule has 0 aliphatic carbocycles. The monoisotopic (exact) mass is 771 g/mol. The van der Waals surface area contributed by atoms with Gasteiger partial charge in [-0.2, -0.15) is 0 Å². The van der Waals surface area contributed by atoms with E-state index in [1.54, 1.807) is 6.08 Å². The Morgan fingerprint density at radius 2 is 1.10 bits per heavy atom. The van der Waals surface area contributed by atoms with Crippen molar-refractivity contribution in [2.45, 2.75) is 27.7 Å². The van der Waals surface area contributed by atoms with E-state index in [2.05, 4.69) is 200 Å². The second kappa shape index (κ2) is 21.4. The van der Waals surface area contributed by atoms with E-state index in [4.69, 9.17) is 0 Å². The first kappa shape index (κ1) is 38.9. The zero-order valence-corrected chi connectivity index (χ0v) is 32.0. The van der Waals surface area contributed by atoms with Crippen LogP contribution in [0.2, 0.25) is 0 Å². The molecule has 0 unspecified atom stereocenters. The quantitative estimate of drug-likeness (QED) is 0.0841. The fraction of sp³-hybridized carbons (Fsp3) is 0.0870. The number of thiol groups is 1. The number of hydrogen-bond donors (Lipinski definition) is 1. The molecule has 5 aromatic carbocycles. The van der Waals surface area contributed by atoms with Gasteiger partial charge in [-0.25, -0.2) is 0 Å². The lowest BCUT2D eigenvalue weighted by Crippen LogP contribution is -2.10. The van der Waals surface area contributed by atoms with Gasteiger partial charge in [0, 0.05) is 17.1 Å². The molecule has 0 radical (unpaired) electrons. The lowest BCUT2D eigenvalue weighted by molar-refractivity contribution is 1.28. The molecule has 0 amide bonds. The predicted octanol–water partition coefficient (Wildman–Crippen LogP) is 15.0. The number of allylic oxidation sites excluding steroid dienone is 10. The summed E-state index contributed by atoms with van der Waals surface area (Å²) in [4.78, 5) is 2.32.